The van der Waals surface area contributed by atoms with E-state index >= 15 is 0 Å². The van der Waals surface area contributed by atoms with Crippen molar-refractivity contribution in [2.45, 2.75) is 51.9 Å². The fourth-order valence-corrected chi connectivity index (χ4v) is 3.75. The first-order valence-electron chi connectivity index (χ1n) is 9.31. The molecular formula is C22H27ClO3. The Morgan fingerprint density at radius 1 is 1.15 bits per heavy atom. The van der Waals surface area contributed by atoms with Gasteiger partial charge in [-0.05, 0) is 61.6 Å². The minimum atomic E-state index is -0.339. The van der Waals surface area contributed by atoms with Crippen molar-refractivity contribution >= 4 is 11.6 Å². The highest BCUT2D eigenvalue weighted by molar-refractivity contribution is 6.31. The van der Waals surface area contributed by atoms with Gasteiger partial charge in [-0.15, -0.1) is 0 Å². The molecule has 1 fully saturated rings. The summed E-state index contributed by atoms with van der Waals surface area (Å²) < 4.78 is 11.6. The zero-order valence-corrected chi connectivity index (χ0v) is 16.4. The smallest absolute Gasteiger partial charge is 0.119 e. The van der Waals surface area contributed by atoms with E-state index in [2.05, 4.69) is 18.2 Å². The third-order valence-electron chi connectivity index (χ3n) is 5.06. The first kappa shape index (κ1) is 19.2. The quantitative estimate of drug-likeness (QED) is 0.784. The number of hydrogen-bond donors (Lipinski definition) is 1. The molecule has 3 rings (SSSR count). The Morgan fingerprint density at radius 3 is 2.58 bits per heavy atom. The predicted octanol–water partition coefficient (Wildman–Crippen LogP) is 5.18. The Morgan fingerprint density at radius 2 is 1.88 bits per heavy atom. The average Bonchev–Trinajstić information content (AvgIpc) is 2.62. The molecule has 4 heteroatoms. The van der Waals surface area contributed by atoms with Gasteiger partial charge in [-0.25, -0.2) is 0 Å². The minimum Gasteiger partial charge on any atom is -0.494 e. The van der Waals surface area contributed by atoms with Crippen molar-refractivity contribution in [2.24, 2.45) is 5.92 Å². The van der Waals surface area contributed by atoms with Crippen molar-refractivity contribution in [1.82, 2.24) is 0 Å². The molecule has 2 aromatic carbocycles. The lowest BCUT2D eigenvalue weighted by Gasteiger charge is -2.37. The molecule has 26 heavy (non-hydrogen) atoms. The highest BCUT2D eigenvalue weighted by Crippen LogP contribution is 2.37. The highest BCUT2D eigenvalue weighted by atomic mass is 35.5. The van der Waals surface area contributed by atoms with E-state index in [1.807, 2.05) is 45.0 Å². The third-order valence-corrected chi connectivity index (χ3v) is 5.43. The summed E-state index contributed by atoms with van der Waals surface area (Å²) >= 11 is 6.44. The van der Waals surface area contributed by atoms with E-state index in [9.17, 15) is 5.11 Å². The summed E-state index contributed by atoms with van der Waals surface area (Å²) in [5.41, 5.74) is 3.32. The lowest BCUT2D eigenvalue weighted by molar-refractivity contribution is -0.126. The molecule has 0 saturated carbocycles. The molecule has 1 aliphatic heterocycles. The van der Waals surface area contributed by atoms with Crippen LogP contribution in [0.1, 0.15) is 50.0 Å². The van der Waals surface area contributed by atoms with E-state index in [1.54, 1.807) is 0 Å². The summed E-state index contributed by atoms with van der Waals surface area (Å²) in [7, 11) is 0. The molecule has 0 radical (unpaired) electrons. The first-order valence-corrected chi connectivity index (χ1v) is 9.69. The third kappa shape index (κ3) is 4.40. The molecule has 4 unspecified atom stereocenters. The Hall–Kier alpha value is -1.55. The molecule has 0 spiro atoms. The van der Waals surface area contributed by atoms with Crippen LogP contribution in [0, 0.1) is 5.92 Å². The topological polar surface area (TPSA) is 38.7 Å². The van der Waals surface area contributed by atoms with Crippen LogP contribution >= 0.6 is 11.6 Å². The maximum absolute atomic E-state index is 10.3. The van der Waals surface area contributed by atoms with Crippen LogP contribution in [0.5, 0.6) is 5.75 Å². The van der Waals surface area contributed by atoms with Crippen LogP contribution in [-0.4, -0.2) is 23.9 Å². The molecule has 1 N–H and O–H groups in total. The van der Waals surface area contributed by atoms with E-state index in [-0.39, 0.29) is 24.2 Å². The second-order valence-electron chi connectivity index (χ2n) is 7.13. The maximum atomic E-state index is 10.3. The number of benzene rings is 2. The fraction of sp³-hybridized carbons (Fsp3) is 0.455. The largest absolute Gasteiger partial charge is 0.494 e. The number of halogens is 1. The predicted molar refractivity (Wildman–Crippen MR) is 105 cm³/mol. The molecule has 3 nitrogen and oxygen atoms in total. The fourth-order valence-electron chi connectivity index (χ4n) is 3.57. The summed E-state index contributed by atoms with van der Waals surface area (Å²) in [4.78, 5) is 0. The molecule has 0 bridgehead atoms. The van der Waals surface area contributed by atoms with Crippen molar-refractivity contribution in [1.29, 1.82) is 0 Å². The van der Waals surface area contributed by atoms with Crippen molar-refractivity contribution in [3.8, 4) is 5.75 Å². The first-order chi connectivity index (χ1) is 12.5. The molecule has 140 valence electrons. The number of aliphatic hydroxyl groups excluding tert-OH is 1. The zero-order valence-electron chi connectivity index (χ0n) is 15.6. The average molecular weight is 375 g/mol. The summed E-state index contributed by atoms with van der Waals surface area (Å²) in [6, 6.07) is 14.2. The van der Waals surface area contributed by atoms with Crippen LogP contribution in [0.3, 0.4) is 0 Å². The van der Waals surface area contributed by atoms with Gasteiger partial charge in [0.05, 0.1) is 24.9 Å². The Kier molecular flexibility index (Phi) is 6.23. The maximum Gasteiger partial charge on any atom is 0.119 e. The van der Waals surface area contributed by atoms with Crippen LogP contribution < -0.4 is 4.74 Å². The summed E-state index contributed by atoms with van der Waals surface area (Å²) in [5.74, 6) is 0.939. The van der Waals surface area contributed by atoms with Gasteiger partial charge in [0.25, 0.3) is 0 Å². The lowest BCUT2D eigenvalue weighted by atomic mass is 9.86. The van der Waals surface area contributed by atoms with Crippen molar-refractivity contribution in [3.63, 3.8) is 0 Å². The standard InChI is InChI=1S/C22H27ClO3/c1-4-25-19-8-5-16(6-9-19)12-18-13-17(7-10-20(18)23)22-15(3)21(24)11-14(2)26-22/h5-10,13-15,21-22,24H,4,11-12H2,1-3H3. The Balaban J connectivity index is 1.81. The number of hydrogen-bond acceptors (Lipinski definition) is 3. The molecule has 0 aliphatic carbocycles. The van der Waals surface area contributed by atoms with Gasteiger partial charge in [-0.2, -0.15) is 0 Å². The molecule has 0 amide bonds. The molecular weight excluding hydrogens is 348 g/mol. The second-order valence-corrected chi connectivity index (χ2v) is 7.54. The molecule has 4 atom stereocenters. The zero-order chi connectivity index (χ0) is 18.7. The molecule has 1 saturated heterocycles. The van der Waals surface area contributed by atoms with E-state index in [4.69, 9.17) is 21.1 Å². The Bertz CT molecular complexity index is 729. The SMILES string of the molecule is CCOc1ccc(Cc2cc(C3OC(C)CC(O)C3C)ccc2Cl)cc1. The van der Waals surface area contributed by atoms with E-state index in [0.717, 1.165) is 28.3 Å². The van der Waals surface area contributed by atoms with E-state index in [1.165, 1.54) is 5.56 Å². The van der Waals surface area contributed by atoms with Crippen LogP contribution in [0.15, 0.2) is 42.5 Å². The summed E-state index contributed by atoms with van der Waals surface area (Å²) in [5, 5.41) is 11.0. The molecule has 1 aliphatic rings. The van der Waals surface area contributed by atoms with Gasteiger partial charge in [0.1, 0.15) is 5.75 Å². The van der Waals surface area contributed by atoms with Crippen LogP contribution in [0.25, 0.3) is 0 Å². The van der Waals surface area contributed by atoms with Crippen molar-refractivity contribution in [3.05, 3.63) is 64.2 Å². The van der Waals surface area contributed by atoms with Crippen LogP contribution in [0.2, 0.25) is 5.02 Å². The van der Waals surface area contributed by atoms with Gasteiger partial charge in [0.2, 0.25) is 0 Å². The normalized spacial score (nSPS) is 25.9. The van der Waals surface area contributed by atoms with Gasteiger partial charge in [-0.3, -0.25) is 0 Å². The van der Waals surface area contributed by atoms with E-state index < -0.39 is 0 Å². The number of ether oxygens (including phenoxy) is 2. The molecule has 1 heterocycles. The van der Waals surface area contributed by atoms with Crippen LogP contribution in [0.4, 0.5) is 0 Å². The minimum absolute atomic E-state index is 0.0523. The van der Waals surface area contributed by atoms with Gasteiger partial charge in [0, 0.05) is 10.9 Å². The number of aliphatic hydroxyl groups is 1. The van der Waals surface area contributed by atoms with Gasteiger partial charge < -0.3 is 14.6 Å². The Labute approximate surface area is 160 Å². The van der Waals surface area contributed by atoms with Gasteiger partial charge in [0.15, 0.2) is 0 Å². The number of rotatable bonds is 5. The monoisotopic (exact) mass is 374 g/mol. The van der Waals surface area contributed by atoms with Crippen molar-refractivity contribution in [2.75, 3.05) is 6.61 Å². The molecule has 0 aromatic heterocycles. The highest BCUT2D eigenvalue weighted by Gasteiger charge is 2.34. The van der Waals surface area contributed by atoms with E-state index in [0.29, 0.717) is 13.0 Å². The summed E-state index contributed by atoms with van der Waals surface area (Å²) in [6.07, 6.45) is 1.04. The molecule has 2 aromatic rings. The van der Waals surface area contributed by atoms with Crippen LogP contribution in [-0.2, 0) is 11.2 Å². The van der Waals surface area contributed by atoms with Gasteiger partial charge >= 0.3 is 0 Å². The van der Waals surface area contributed by atoms with Crippen molar-refractivity contribution < 1.29 is 14.6 Å². The lowest BCUT2D eigenvalue weighted by Crippen LogP contribution is -2.36. The second kappa shape index (κ2) is 8.43. The summed E-state index contributed by atoms with van der Waals surface area (Å²) in [6.45, 7) is 6.70. The van der Waals surface area contributed by atoms with Gasteiger partial charge in [-0.1, -0.05) is 42.8 Å².